The van der Waals surface area contributed by atoms with Crippen LogP contribution in [0.3, 0.4) is 0 Å². The molecule has 2 rings (SSSR count). The third-order valence-corrected chi connectivity index (χ3v) is 3.08. The van der Waals surface area contributed by atoms with E-state index in [4.69, 9.17) is 4.74 Å². The number of hydrogen-bond donors (Lipinski definition) is 0. The lowest BCUT2D eigenvalue weighted by molar-refractivity contribution is 0.0986. The zero-order valence-electron chi connectivity index (χ0n) is 11.3. The van der Waals surface area contributed by atoms with E-state index in [1.54, 1.807) is 0 Å². The molecule has 2 heteroatoms. The van der Waals surface area contributed by atoms with Gasteiger partial charge in [-0.2, -0.15) is 0 Å². The summed E-state index contributed by atoms with van der Waals surface area (Å²) in [6.45, 7) is 3.95. The lowest BCUT2D eigenvalue weighted by Crippen LogP contribution is -2.00. The average Bonchev–Trinajstić information content (AvgIpc) is 2.47. The molecule has 2 aromatic rings. The van der Waals surface area contributed by atoms with Crippen LogP contribution in [0.2, 0.25) is 0 Å². The Morgan fingerprint density at radius 1 is 0.947 bits per heavy atom. The van der Waals surface area contributed by atoms with Crippen LogP contribution in [0, 0.1) is 0 Å². The average molecular weight is 254 g/mol. The van der Waals surface area contributed by atoms with Crippen molar-refractivity contribution >= 4 is 5.78 Å². The molecule has 0 aliphatic heterocycles. The fraction of sp³-hybridized carbons (Fsp3) is 0.235. The van der Waals surface area contributed by atoms with Gasteiger partial charge in [-0.15, -0.1) is 0 Å². The summed E-state index contributed by atoms with van der Waals surface area (Å²) in [5.41, 5.74) is 1.79. The molecule has 0 saturated carbocycles. The minimum Gasteiger partial charge on any atom is -0.456 e. The highest BCUT2D eigenvalue weighted by Crippen LogP contribution is 2.28. The van der Waals surface area contributed by atoms with Gasteiger partial charge in [0.05, 0.1) is 5.56 Å². The van der Waals surface area contributed by atoms with Crippen LogP contribution in [0.1, 0.15) is 36.2 Å². The number of para-hydroxylation sites is 2. The first-order valence-corrected chi connectivity index (χ1v) is 6.64. The van der Waals surface area contributed by atoms with E-state index in [-0.39, 0.29) is 5.78 Å². The van der Waals surface area contributed by atoms with Crippen LogP contribution in [-0.4, -0.2) is 5.78 Å². The van der Waals surface area contributed by atoms with E-state index in [2.05, 4.69) is 6.92 Å². The molecular formula is C17H18O2. The van der Waals surface area contributed by atoms with Gasteiger partial charge in [0, 0.05) is 6.42 Å². The predicted molar refractivity (Wildman–Crippen MR) is 77.0 cm³/mol. The molecule has 19 heavy (non-hydrogen) atoms. The standard InChI is InChI=1S/C17H18O2/c1-3-13-9-5-7-11-16(13)19-17-12-8-6-10-14(17)15(18)4-2/h5-12H,3-4H2,1-2H3. The fourth-order valence-corrected chi connectivity index (χ4v) is 1.99. The van der Waals surface area contributed by atoms with Gasteiger partial charge in [-0.25, -0.2) is 0 Å². The SMILES string of the molecule is CCC(=O)c1ccccc1Oc1ccccc1CC. The third kappa shape index (κ3) is 3.02. The number of ether oxygens (including phenoxy) is 1. The normalized spacial score (nSPS) is 10.2. The van der Waals surface area contributed by atoms with Crippen LogP contribution < -0.4 is 4.74 Å². The molecule has 0 aliphatic carbocycles. The zero-order valence-corrected chi connectivity index (χ0v) is 11.3. The van der Waals surface area contributed by atoms with Crippen LogP contribution >= 0.6 is 0 Å². The van der Waals surface area contributed by atoms with Crippen molar-refractivity contribution in [3.8, 4) is 11.5 Å². The second kappa shape index (κ2) is 6.19. The molecule has 0 aromatic heterocycles. The molecule has 0 heterocycles. The number of carbonyl (C=O) groups is 1. The minimum atomic E-state index is 0.101. The number of ketones is 1. The highest BCUT2D eigenvalue weighted by atomic mass is 16.5. The van der Waals surface area contributed by atoms with Gasteiger partial charge in [-0.05, 0) is 30.2 Å². The molecule has 0 fully saturated rings. The summed E-state index contributed by atoms with van der Waals surface area (Å²) in [5.74, 6) is 1.56. The van der Waals surface area contributed by atoms with Gasteiger partial charge in [0.15, 0.2) is 5.78 Å². The Kier molecular flexibility index (Phi) is 4.35. The maximum Gasteiger partial charge on any atom is 0.166 e. The van der Waals surface area contributed by atoms with Crippen molar-refractivity contribution in [2.45, 2.75) is 26.7 Å². The lowest BCUT2D eigenvalue weighted by atomic mass is 10.1. The summed E-state index contributed by atoms with van der Waals surface area (Å²) in [4.78, 5) is 11.9. The molecule has 0 radical (unpaired) electrons. The van der Waals surface area contributed by atoms with Gasteiger partial charge in [-0.1, -0.05) is 44.2 Å². The Morgan fingerprint density at radius 3 is 2.26 bits per heavy atom. The molecule has 0 atom stereocenters. The van der Waals surface area contributed by atoms with Crippen molar-refractivity contribution in [2.75, 3.05) is 0 Å². The van der Waals surface area contributed by atoms with E-state index in [0.29, 0.717) is 17.7 Å². The first kappa shape index (κ1) is 13.3. The second-order valence-corrected chi connectivity index (χ2v) is 4.34. The van der Waals surface area contributed by atoms with Crippen molar-refractivity contribution in [3.05, 3.63) is 59.7 Å². The molecule has 0 N–H and O–H groups in total. The molecule has 0 saturated heterocycles. The molecule has 0 bridgehead atoms. The number of carbonyl (C=O) groups excluding carboxylic acids is 1. The van der Waals surface area contributed by atoms with Crippen molar-refractivity contribution in [1.82, 2.24) is 0 Å². The van der Waals surface area contributed by atoms with Crippen LogP contribution in [-0.2, 0) is 6.42 Å². The summed E-state index contributed by atoms with van der Waals surface area (Å²) in [6.07, 6.45) is 1.38. The molecule has 0 amide bonds. The zero-order chi connectivity index (χ0) is 13.7. The molecule has 98 valence electrons. The number of Topliss-reactive ketones (excluding diaryl/α,β-unsaturated/α-hetero) is 1. The van der Waals surface area contributed by atoms with Crippen LogP contribution in [0.5, 0.6) is 11.5 Å². The van der Waals surface area contributed by atoms with Gasteiger partial charge in [-0.3, -0.25) is 4.79 Å². The predicted octanol–water partition coefficient (Wildman–Crippen LogP) is 4.63. The van der Waals surface area contributed by atoms with Gasteiger partial charge in [0.1, 0.15) is 11.5 Å². The maximum absolute atomic E-state index is 11.9. The largest absolute Gasteiger partial charge is 0.456 e. The van der Waals surface area contributed by atoms with Crippen molar-refractivity contribution in [1.29, 1.82) is 0 Å². The summed E-state index contributed by atoms with van der Waals surface area (Å²) in [7, 11) is 0. The Hall–Kier alpha value is -2.09. The third-order valence-electron chi connectivity index (χ3n) is 3.08. The van der Waals surface area contributed by atoms with E-state index >= 15 is 0 Å². The molecule has 0 unspecified atom stereocenters. The van der Waals surface area contributed by atoms with Gasteiger partial charge >= 0.3 is 0 Å². The molecular weight excluding hydrogens is 236 g/mol. The highest BCUT2D eigenvalue weighted by molar-refractivity contribution is 5.98. The van der Waals surface area contributed by atoms with Crippen LogP contribution in [0.4, 0.5) is 0 Å². The van der Waals surface area contributed by atoms with E-state index in [1.165, 1.54) is 0 Å². The van der Waals surface area contributed by atoms with E-state index in [9.17, 15) is 4.79 Å². The Morgan fingerprint density at radius 2 is 1.58 bits per heavy atom. The van der Waals surface area contributed by atoms with Crippen LogP contribution in [0.25, 0.3) is 0 Å². The number of aryl methyl sites for hydroxylation is 1. The molecule has 2 nitrogen and oxygen atoms in total. The minimum absolute atomic E-state index is 0.101. The second-order valence-electron chi connectivity index (χ2n) is 4.34. The topological polar surface area (TPSA) is 26.3 Å². The van der Waals surface area contributed by atoms with E-state index in [0.717, 1.165) is 17.7 Å². The van der Waals surface area contributed by atoms with Crippen molar-refractivity contribution in [2.24, 2.45) is 0 Å². The van der Waals surface area contributed by atoms with Gasteiger partial charge in [0.2, 0.25) is 0 Å². The number of rotatable bonds is 5. The Balaban J connectivity index is 2.36. The van der Waals surface area contributed by atoms with Gasteiger partial charge < -0.3 is 4.74 Å². The first-order valence-electron chi connectivity index (χ1n) is 6.64. The maximum atomic E-state index is 11.9. The summed E-state index contributed by atoms with van der Waals surface area (Å²) in [5, 5.41) is 0. The Bertz CT molecular complexity index is 573. The quantitative estimate of drug-likeness (QED) is 0.727. The smallest absolute Gasteiger partial charge is 0.166 e. The summed E-state index contributed by atoms with van der Waals surface area (Å²) in [6, 6.07) is 15.3. The van der Waals surface area contributed by atoms with Crippen molar-refractivity contribution in [3.63, 3.8) is 0 Å². The monoisotopic (exact) mass is 254 g/mol. The fourth-order valence-electron chi connectivity index (χ4n) is 1.99. The molecule has 0 aliphatic rings. The number of hydrogen-bond acceptors (Lipinski definition) is 2. The van der Waals surface area contributed by atoms with Gasteiger partial charge in [0.25, 0.3) is 0 Å². The van der Waals surface area contributed by atoms with Crippen molar-refractivity contribution < 1.29 is 9.53 Å². The van der Waals surface area contributed by atoms with E-state index < -0.39 is 0 Å². The van der Waals surface area contributed by atoms with E-state index in [1.807, 2.05) is 55.5 Å². The summed E-state index contributed by atoms with van der Waals surface area (Å²) < 4.78 is 5.93. The first-order chi connectivity index (χ1) is 9.26. The Labute approximate surface area is 114 Å². The number of benzene rings is 2. The van der Waals surface area contributed by atoms with Crippen LogP contribution in [0.15, 0.2) is 48.5 Å². The molecule has 2 aromatic carbocycles. The lowest BCUT2D eigenvalue weighted by Gasteiger charge is -2.12. The highest BCUT2D eigenvalue weighted by Gasteiger charge is 2.11. The summed E-state index contributed by atoms with van der Waals surface area (Å²) >= 11 is 0. The molecule has 0 spiro atoms.